The van der Waals surface area contributed by atoms with E-state index in [1.807, 2.05) is 18.2 Å². The number of cyclic esters (lactones) is 1. The number of rotatable bonds is 13. The van der Waals surface area contributed by atoms with Gasteiger partial charge in [-0.05, 0) is 80.9 Å². The molecular weight excluding hydrogens is 857 g/mol. The molecule has 10 atom stereocenters. The predicted octanol–water partition coefficient (Wildman–Crippen LogP) is -0.0497. The van der Waals surface area contributed by atoms with Crippen molar-refractivity contribution in [3.8, 4) is 5.75 Å². The number of hydrogen-bond acceptors (Lipinski definition) is 12. The van der Waals surface area contributed by atoms with Crippen molar-refractivity contribution in [1.82, 2.24) is 36.4 Å². The Hall–Kier alpha value is -6.31. The average molecular weight is 923 g/mol. The normalized spacial score (nSPS) is 27.5. The van der Waals surface area contributed by atoms with Crippen LogP contribution in [0.4, 0.5) is 0 Å². The van der Waals surface area contributed by atoms with Gasteiger partial charge in [-0.15, -0.1) is 0 Å². The smallest absolute Gasteiger partial charge is 0.329 e. The van der Waals surface area contributed by atoms with Crippen LogP contribution in [-0.4, -0.2) is 135 Å². The summed E-state index contributed by atoms with van der Waals surface area (Å²) < 4.78 is 5.83. The molecule has 362 valence electrons. The lowest BCUT2D eigenvalue weighted by atomic mass is 9.89. The van der Waals surface area contributed by atoms with Crippen molar-refractivity contribution >= 4 is 53.2 Å². The molecule has 1 aromatic rings. The van der Waals surface area contributed by atoms with Crippen molar-refractivity contribution < 1.29 is 58.1 Å². The van der Waals surface area contributed by atoms with E-state index >= 15 is 4.79 Å². The second-order valence-electron chi connectivity index (χ2n) is 18.1. The van der Waals surface area contributed by atoms with E-state index in [0.717, 1.165) is 16.7 Å². The van der Waals surface area contributed by atoms with Gasteiger partial charge in [-0.3, -0.25) is 38.4 Å². The molecule has 0 aromatic heterocycles. The highest BCUT2D eigenvalue weighted by atomic mass is 16.5. The minimum absolute atomic E-state index is 0.0304. The molecule has 2 saturated heterocycles. The number of carbonyl (C=O) groups excluding carboxylic acids is 9. The third-order valence-electron chi connectivity index (χ3n) is 11.9. The molecule has 2 fully saturated rings. The number of nitrogens with zero attached hydrogens (tertiary/aromatic N) is 2. The van der Waals surface area contributed by atoms with Crippen molar-refractivity contribution in [2.45, 2.75) is 148 Å². The van der Waals surface area contributed by atoms with Crippen molar-refractivity contribution in [1.29, 1.82) is 0 Å². The summed E-state index contributed by atoms with van der Waals surface area (Å²) >= 11 is 0. The topological polar surface area (TPSA) is 296 Å². The molecule has 20 nitrogen and oxygen atoms in total. The Kier molecular flexibility index (Phi) is 18.8. The number of phenols is 1. The van der Waals surface area contributed by atoms with Gasteiger partial charge in [-0.2, -0.15) is 0 Å². The summed E-state index contributed by atoms with van der Waals surface area (Å²) in [5, 5.41) is 34.5. The zero-order valence-corrected chi connectivity index (χ0v) is 38.7. The van der Waals surface area contributed by atoms with Crippen LogP contribution in [0.5, 0.6) is 5.75 Å². The average Bonchev–Trinajstić information content (AvgIpc) is 3.25. The predicted molar refractivity (Wildman–Crippen MR) is 239 cm³/mol. The summed E-state index contributed by atoms with van der Waals surface area (Å²) in [5.41, 5.74) is 5.84. The molecule has 9 N–H and O–H groups in total. The Labute approximate surface area is 384 Å². The van der Waals surface area contributed by atoms with E-state index in [4.69, 9.17) is 10.5 Å². The van der Waals surface area contributed by atoms with Crippen molar-refractivity contribution in [2.24, 2.45) is 23.5 Å². The van der Waals surface area contributed by atoms with Crippen LogP contribution < -0.4 is 32.3 Å². The Morgan fingerprint density at radius 3 is 2.18 bits per heavy atom. The summed E-state index contributed by atoms with van der Waals surface area (Å²) in [6.45, 7) is 9.26. The first kappa shape index (κ1) is 52.3. The molecule has 0 spiro atoms. The molecule has 2 aliphatic heterocycles. The second kappa shape index (κ2) is 23.7. The molecule has 66 heavy (non-hydrogen) atoms. The number of nitrogens with two attached hydrogens (primary N) is 1. The van der Waals surface area contributed by atoms with E-state index < -0.39 is 114 Å². The largest absolute Gasteiger partial charge is 0.508 e. The minimum atomic E-state index is -1.74. The molecule has 1 aliphatic carbocycles. The van der Waals surface area contributed by atoms with Crippen LogP contribution in [0.25, 0.3) is 0 Å². The van der Waals surface area contributed by atoms with Crippen LogP contribution in [0.2, 0.25) is 0 Å². The van der Waals surface area contributed by atoms with Gasteiger partial charge in [-0.25, -0.2) is 4.79 Å². The van der Waals surface area contributed by atoms with Crippen LogP contribution in [0.3, 0.4) is 0 Å². The van der Waals surface area contributed by atoms with Gasteiger partial charge in [0.1, 0.15) is 60.4 Å². The van der Waals surface area contributed by atoms with Gasteiger partial charge in [0.05, 0.1) is 0 Å². The Morgan fingerprint density at radius 1 is 0.909 bits per heavy atom. The summed E-state index contributed by atoms with van der Waals surface area (Å²) in [7, 11) is 1.38. The number of primary amides is 1. The monoisotopic (exact) mass is 922 g/mol. The molecule has 4 rings (SSSR count). The maximum Gasteiger partial charge on any atom is 0.329 e. The number of piperidine rings is 1. The Bertz CT molecular complexity index is 2020. The lowest BCUT2D eigenvalue weighted by molar-refractivity contribution is -0.166. The number of esters is 1. The summed E-state index contributed by atoms with van der Waals surface area (Å²) in [5.74, 6) is -8.63. The van der Waals surface area contributed by atoms with Crippen molar-refractivity contribution in [3.05, 3.63) is 54.1 Å². The number of ether oxygens (including phenoxy) is 1. The van der Waals surface area contributed by atoms with Gasteiger partial charge in [0.15, 0.2) is 0 Å². The Morgan fingerprint density at radius 2 is 1.59 bits per heavy atom. The van der Waals surface area contributed by atoms with Crippen LogP contribution in [0, 0.1) is 17.8 Å². The number of benzene rings is 1. The first-order valence-corrected chi connectivity index (χ1v) is 22.4. The number of allylic oxidation sites excluding steroid dienone is 4. The fourth-order valence-electron chi connectivity index (χ4n) is 8.24. The quantitative estimate of drug-likeness (QED) is 0.121. The molecule has 0 saturated carbocycles. The number of aromatic hydroxyl groups is 1. The number of amides is 8. The lowest BCUT2D eigenvalue weighted by Crippen LogP contribution is -2.65. The molecule has 2 heterocycles. The summed E-state index contributed by atoms with van der Waals surface area (Å²) in [6.07, 6.45) is 4.26. The Balaban J connectivity index is 1.87. The summed E-state index contributed by atoms with van der Waals surface area (Å²) in [4.78, 5) is 127. The molecule has 1 aromatic carbocycles. The number of fused-ring (bicyclic) bond motifs is 2. The number of hydrogen-bond donors (Lipinski definition) is 8. The second-order valence-corrected chi connectivity index (χ2v) is 18.1. The van der Waals surface area contributed by atoms with Crippen LogP contribution in [0.1, 0.15) is 92.1 Å². The van der Waals surface area contributed by atoms with Crippen LogP contribution >= 0.6 is 0 Å². The number of carbonyl (C=O) groups is 9. The standard InChI is InChI=1S/C46H66N8O12/c1-24(2)21-33-41(60)49-32-18-20-37(58)54(44(32)63)35(23-28-11-9-8-10-12-28)45(64)53(7)34(22-29-13-15-30(56)16-14-29)42(61)51-38(25(3)4)46(65)66-26(5)39(43(62)50-33)52-40(59)31(48-27(6)55)17-19-36(47)57/h8-11,13-16,24-26,28,31-35,37-39,56,58H,12,17-23H2,1-7H3,(H2,47,57)(H,48,55)(H,49,60)(H,50,62)(H,51,61)(H,52,59)/t26-,28?,31+,32+,33+,34+,35+,37-,38+,39+/m1/s1. The fraction of sp³-hybridized carbons (Fsp3) is 0.587. The third kappa shape index (κ3) is 14.3. The van der Waals surface area contributed by atoms with E-state index in [2.05, 4.69) is 26.6 Å². The number of phenolic OH excluding ortho intramolecular Hbond substituents is 1. The molecule has 3 aliphatic rings. The van der Waals surface area contributed by atoms with Gasteiger partial charge >= 0.3 is 5.97 Å². The van der Waals surface area contributed by atoms with Gasteiger partial charge < -0.3 is 57.1 Å². The maximum atomic E-state index is 15.0. The number of aliphatic hydroxyl groups excluding tert-OH is 1. The van der Waals surface area contributed by atoms with E-state index in [1.54, 1.807) is 45.9 Å². The van der Waals surface area contributed by atoms with E-state index in [-0.39, 0.29) is 62.5 Å². The number of aliphatic hydroxyl groups is 1. The van der Waals surface area contributed by atoms with Gasteiger partial charge in [0.2, 0.25) is 47.3 Å². The molecule has 1 unspecified atom stereocenters. The first-order chi connectivity index (χ1) is 31.1. The fourth-order valence-corrected chi connectivity index (χ4v) is 8.24. The molecule has 20 heteroatoms. The van der Waals surface area contributed by atoms with E-state index in [9.17, 15) is 48.6 Å². The molecule has 0 radical (unpaired) electrons. The third-order valence-corrected chi connectivity index (χ3v) is 11.9. The molecule has 2 bridgehead atoms. The minimum Gasteiger partial charge on any atom is -0.508 e. The highest BCUT2D eigenvalue weighted by Gasteiger charge is 2.46. The highest BCUT2D eigenvalue weighted by molar-refractivity contribution is 5.98. The first-order valence-electron chi connectivity index (χ1n) is 22.4. The van der Waals surface area contributed by atoms with Crippen molar-refractivity contribution in [2.75, 3.05) is 7.05 Å². The zero-order chi connectivity index (χ0) is 49.0. The lowest BCUT2D eigenvalue weighted by Gasteiger charge is -2.43. The van der Waals surface area contributed by atoms with Gasteiger partial charge in [0, 0.05) is 26.8 Å². The van der Waals surface area contributed by atoms with Gasteiger partial charge in [-0.1, -0.05) is 64.1 Å². The maximum absolute atomic E-state index is 15.0. The van der Waals surface area contributed by atoms with E-state index in [1.165, 1.54) is 26.1 Å². The highest BCUT2D eigenvalue weighted by Crippen LogP contribution is 2.29. The number of nitrogens with one attached hydrogen (secondary N) is 5. The van der Waals surface area contributed by atoms with Crippen LogP contribution in [-0.2, 0) is 54.3 Å². The van der Waals surface area contributed by atoms with Gasteiger partial charge in [0.25, 0.3) is 0 Å². The SMILES string of the molecule is CC(=O)N[C@@H](CCC(N)=O)C(=O)N[C@@H]1C(=O)N[C@@H](CC(C)C)C(=O)N[C@H]2CC[C@@H](O)N(C2=O)[C@@H](CC2C=CC=CC2)C(=O)N(C)[C@@H](Cc2ccc(O)cc2)C(=O)N[C@@H](C(C)C)C(=O)O[C@@H]1C. The van der Waals surface area contributed by atoms with Crippen LogP contribution in [0.15, 0.2) is 48.6 Å². The molecular formula is C46H66N8O12. The van der Waals surface area contributed by atoms with Crippen molar-refractivity contribution in [3.63, 3.8) is 0 Å². The van der Waals surface area contributed by atoms with E-state index in [0.29, 0.717) is 12.0 Å². The summed E-state index contributed by atoms with van der Waals surface area (Å²) in [6, 6.07) is -3.87. The molecule has 8 amide bonds. The number of likely N-dealkylation sites (N-methyl/N-ethyl adjacent to an activating group) is 1. The zero-order valence-electron chi connectivity index (χ0n) is 38.7.